The molecule has 0 amide bonds. The van der Waals surface area contributed by atoms with Crippen molar-refractivity contribution in [2.45, 2.75) is 33.3 Å². The summed E-state index contributed by atoms with van der Waals surface area (Å²) >= 11 is 0. The smallest absolute Gasteiger partial charge is 0.0722 e. The Morgan fingerprint density at radius 2 is 2.27 bits per heavy atom. The number of aliphatic hydroxyl groups excluding tert-OH is 1. The molecule has 1 fully saturated rings. The first-order chi connectivity index (χ1) is 5.03. The van der Waals surface area contributed by atoms with E-state index in [-0.39, 0.29) is 6.10 Å². The topological polar surface area (TPSA) is 20.2 Å². The van der Waals surface area contributed by atoms with Crippen LogP contribution in [0.4, 0.5) is 0 Å². The summed E-state index contributed by atoms with van der Waals surface area (Å²) in [5.41, 5.74) is 1.80. The van der Waals surface area contributed by atoms with Gasteiger partial charge in [-0.3, -0.25) is 0 Å². The monoisotopic (exact) mass is 152 g/mol. The van der Waals surface area contributed by atoms with Crippen LogP contribution in [0.1, 0.15) is 27.2 Å². The number of fused-ring (bicyclic) bond motifs is 1. The predicted molar refractivity (Wildman–Crippen MR) is 45.1 cm³/mol. The van der Waals surface area contributed by atoms with Crippen molar-refractivity contribution in [1.29, 1.82) is 0 Å². The third kappa shape index (κ3) is 0.871. The van der Waals surface area contributed by atoms with Gasteiger partial charge in [-0.25, -0.2) is 0 Å². The maximum absolute atomic E-state index is 9.29. The second-order valence-corrected chi connectivity index (χ2v) is 4.58. The molecule has 62 valence electrons. The second kappa shape index (κ2) is 1.89. The molecule has 3 atom stereocenters. The van der Waals surface area contributed by atoms with Crippen LogP contribution in [0.25, 0.3) is 0 Å². The molecule has 1 saturated carbocycles. The third-order valence-electron chi connectivity index (χ3n) is 3.53. The van der Waals surface area contributed by atoms with Gasteiger partial charge in [-0.05, 0) is 36.2 Å². The normalized spacial score (nSPS) is 41.3. The van der Waals surface area contributed by atoms with Crippen molar-refractivity contribution in [3.63, 3.8) is 0 Å². The minimum atomic E-state index is -0.210. The fourth-order valence-corrected chi connectivity index (χ4v) is 2.37. The van der Waals surface area contributed by atoms with Gasteiger partial charge in [-0.15, -0.1) is 0 Å². The molecule has 1 heteroatoms. The van der Waals surface area contributed by atoms with Gasteiger partial charge in [0, 0.05) is 0 Å². The molecule has 0 spiro atoms. The predicted octanol–water partition coefficient (Wildman–Crippen LogP) is 1.97. The van der Waals surface area contributed by atoms with E-state index in [1.54, 1.807) is 0 Å². The van der Waals surface area contributed by atoms with E-state index < -0.39 is 0 Å². The van der Waals surface area contributed by atoms with E-state index in [4.69, 9.17) is 0 Å². The second-order valence-electron chi connectivity index (χ2n) is 4.58. The van der Waals surface area contributed by atoms with E-state index >= 15 is 0 Å². The van der Waals surface area contributed by atoms with Crippen LogP contribution in [0.5, 0.6) is 0 Å². The van der Waals surface area contributed by atoms with Crippen LogP contribution in [0.15, 0.2) is 11.6 Å². The highest BCUT2D eigenvalue weighted by molar-refractivity contribution is 5.29. The molecule has 0 aromatic rings. The summed E-state index contributed by atoms with van der Waals surface area (Å²) in [5, 5.41) is 9.29. The zero-order chi connectivity index (χ0) is 8.22. The highest BCUT2D eigenvalue weighted by Crippen LogP contribution is 2.65. The minimum absolute atomic E-state index is 0.210. The average Bonchev–Trinajstić information content (AvgIpc) is 2.28. The van der Waals surface area contributed by atoms with Crippen molar-refractivity contribution < 1.29 is 5.11 Å². The Morgan fingerprint density at radius 1 is 1.64 bits per heavy atom. The van der Waals surface area contributed by atoms with Crippen LogP contribution < -0.4 is 0 Å². The Hall–Kier alpha value is -0.300. The van der Waals surface area contributed by atoms with Crippen LogP contribution >= 0.6 is 0 Å². The number of rotatable bonds is 1. The average molecular weight is 152 g/mol. The summed E-state index contributed by atoms with van der Waals surface area (Å²) in [5.74, 6) is 1.61. The van der Waals surface area contributed by atoms with Crippen LogP contribution in [0, 0.1) is 17.3 Å². The SMILES string of the molecule is C[C@@H](O)C1=C[C@H]2[C@@H](C1)C2(C)C. The molecular formula is C10H16O. The first-order valence-corrected chi connectivity index (χ1v) is 4.42. The molecule has 0 radical (unpaired) electrons. The Labute approximate surface area is 68.1 Å². The molecular weight excluding hydrogens is 136 g/mol. The maximum Gasteiger partial charge on any atom is 0.0722 e. The van der Waals surface area contributed by atoms with E-state index in [1.807, 2.05) is 6.92 Å². The van der Waals surface area contributed by atoms with Crippen LogP contribution in [-0.4, -0.2) is 11.2 Å². The molecule has 2 aliphatic rings. The largest absolute Gasteiger partial charge is 0.389 e. The standard InChI is InChI=1S/C10H16O/c1-6(11)7-4-8-9(5-7)10(8,2)3/h4,6,8-9,11H,5H2,1-3H3/t6-,8+,9-/m1/s1. The number of allylic oxidation sites excluding steroid dienone is 1. The van der Waals surface area contributed by atoms with Gasteiger partial charge in [0.2, 0.25) is 0 Å². The van der Waals surface area contributed by atoms with E-state index in [0.29, 0.717) is 5.41 Å². The lowest BCUT2D eigenvalue weighted by Gasteiger charge is -2.11. The van der Waals surface area contributed by atoms with Crippen molar-refractivity contribution in [3.8, 4) is 0 Å². The van der Waals surface area contributed by atoms with Gasteiger partial charge in [-0.2, -0.15) is 0 Å². The fraction of sp³-hybridized carbons (Fsp3) is 0.800. The van der Waals surface area contributed by atoms with Gasteiger partial charge in [0.05, 0.1) is 6.10 Å². The fourth-order valence-electron chi connectivity index (χ4n) is 2.37. The lowest BCUT2D eigenvalue weighted by atomic mass is 9.98. The van der Waals surface area contributed by atoms with Gasteiger partial charge >= 0.3 is 0 Å². The number of hydrogen-bond acceptors (Lipinski definition) is 1. The lowest BCUT2D eigenvalue weighted by molar-refractivity contribution is 0.225. The molecule has 0 heterocycles. The van der Waals surface area contributed by atoms with Crippen molar-refractivity contribution in [2.75, 3.05) is 0 Å². The molecule has 1 nitrogen and oxygen atoms in total. The lowest BCUT2D eigenvalue weighted by Crippen LogP contribution is -2.06. The van der Waals surface area contributed by atoms with E-state index in [9.17, 15) is 5.11 Å². The molecule has 0 aromatic carbocycles. The zero-order valence-electron chi connectivity index (χ0n) is 7.46. The van der Waals surface area contributed by atoms with E-state index in [1.165, 1.54) is 5.57 Å². The summed E-state index contributed by atoms with van der Waals surface area (Å²) in [4.78, 5) is 0. The summed E-state index contributed by atoms with van der Waals surface area (Å²) in [7, 11) is 0. The zero-order valence-corrected chi connectivity index (χ0v) is 7.46. The summed E-state index contributed by atoms with van der Waals surface area (Å²) in [6.45, 7) is 6.50. The molecule has 0 saturated heterocycles. The molecule has 0 aromatic heterocycles. The molecule has 2 aliphatic carbocycles. The Kier molecular flexibility index (Phi) is 1.26. The van der Waals surface area contributed by atoms with E-state index in [0.717, 1.165) is 18.3 Å². The molecule has 1 N–H and O–H groups in total. The molecule has 0 unspecified atom stereocenters. The first kappa shape index (κ1) is 7.35. The third-order valence-corrected chi connectivity index (χ3v) is 3.53. The molecule has 2 rings (SSSR count). The van der Waals surface area contributed by atoms with Crippen molar-refractivity contribution >= 4 is 0 Å². The van der Waals surface area contributed by atoms with Crippen LogP contribution in [-0.2, 0) is 0 Å². The summed E-state index contributed by atoms with van der Waals surface area (Å²) < 4.78 is 0. The summed E-state index contributed by atoms with van der Waals surface area (Å²) in [6, 6.07) is 0. The van der Waals surface area contributed by atoms with Crippen molar-refractivity contribution in [2.24, 2.45) is 17.3 Å². The Bertz CT molecular complexity index is 213. The number of hydrogen-bond donors (Lipinski definition) is 1. The van der Waals surface area contributed by atoms with Gasteiger partial charge in [0.25, 0.3) is 0 Å². The molecule has 11 heavy (non-hydrogen) atoms. The van der Waals surface area contributed by atoms with Gasteiger partial charge in [-0.1, -0.05) is 19.9 Å². The quantitative estimate of drug-likeness (QED) is 0.569. The van der Waals surface area contributed by atoms with Crippen molar-refractivity contribution in [3.05, 3.63) is 11.6 Å². The minimum Gasteiger partial charge on any atom is -0.389 e. The first-order valence-electron chi connectivity index (χ1n) is 4.42. The van der Waals surface area contributed by atoms with Crippen molar-refractivity contribution in [1.82, 2.24) is 0 Å². The van der Waals surface area contributed by atoms with Crippen LogP contribution in [0.3, 0.4) is 0 Å². The van der Waals surface area contributed by atoms with Crippen LogP contribution in [0.2, 0.25) is 0 Å². The summed E-state index contributed by atoms with van der Waals surface area (Å²) in [6.07, 6.45) is 3.21. The highest BCUT2D eigenvalue weighted by atomic mass is 16.3. The molecule has 0 bridgehead atoms. The Morgan fingerprint density at radius 3 is 2.64 bits per heavy atom. The maximum atomic E-state index is 9.29. The molecule has 0 aliphatic heterocycles. The van der Waals surface area contributed by atoms with Gasteiger partial charge in [0.1, 0.15) is 0 Å². The van der Waals surface area contributed by atoms with Gasteiger partial charge < -0.3 is 5.11 Å². The number of aliphatic hydroxyl groups is 1. The van der Waals surface area contributed by atoms with Gasteiger partial charge in [0.15, 0.2) is 0 Å². The highest BCUT2D eigenvalue weighted by Gasteiger charge is 2.59. The van der Waals surface area contributed by atoms with E-state index in [2.05, 4.69) is 19.9 Å². The Balaban J connectivity index is 2.10.